The first-order valence-corrected chi connectivity index (χ1v) is 7.86. The Labute approximate surface area is 145 Å². The van der Waals surface area contributed by atoms with Gasteiger partial charge in [-0.1, -0.05) is 32.1 Å². The number of methoxy groups -OCH3 is 1. The van der Waals surface area contributed by atoms with E-state index in [0.29, 0.717) is 35.5 Å². The fraction of sp³-hybridized carbons (Fsp3) is 0.643. The molecule has 0 aromatic carbocycles. The van der Waals surface area contributed by atoms with Crippen LogP contribution in [0.4, 0.5) is 5.13 Å². The summed E-state index contributed by atoms with van der Waals surface area (Å²) in [6.07, 6.45) is 0. The van der Waals surface area contributed by atoms with Crippen LogP contribution in [0.15, 0.2) is 0 Å². The molecule has 0 aliphatic carbocycles. The largest absolute Gasteiger partial charge is 0.465 e. The molecule has 1 aliphatic heterocycles. The van der Waals surface area contributed by atoms with E-state index in [0.717, 1.165) is 11.3 Å². The summed E-state index contributed by atoms with van der Waals surface area (Å²) in [5.41, 5.74) is 0.294. The zero-order valence-corrected chi connectivity index (χ0v) is 15.2. The second kappa shape index (κ2) is 8.05. The third-order valence-corrected chi connectivity index (χ3v) is 4.13. The van der Waals surface area contributed by atoms with E-state index in [4.69, 9.17) is 9.47 Å². The monoisotopic (exact) mass is 363 g/mol. The lowest BCUT2D eigenvalue weighted by Crippen LogP contribution is -2.48. The summed E-state index contributed by atoms with van der Waals surface area (Å²) in [6.45, 7) is 7.43. The molecule has 7 nitrogen and oxygen atoms in total. The predicted molar refractivity (Wildman–Crippen MR) is 90.6 cm³/mol. The molecule has 2 heterocycles. The van der Waals surface area contributed by atoms with Crippen LogP contribution < -0.4 is 10.6 Å². The molecule has 1 saturated heterocycles. The SMILES string of the molecule is COC(=O)c1sc(NC(=O)C2COCCN2)nc1C(C)(C)C.Cl. The van der Waals surface area contributed by atoms with Crippen molar-refractivity contribution in [2.45, 2.75) is 32.2 Å². The average molecular weight is 364 g/mol. The van der Waals surface area contributed by atoms with Crippen LogP contribution in [0.2, 0.25) is 0 Å². The van der Waals surface area contributed by atoms with Crippen molar-refractivity contribution >= 4 is 40.8 Å². The lowest BCUT2D eigenvalue weighted by molar-refractivity contribution is -0.120. The molecule has 2 N–H and O–H groups in total. The second-order valence-electron chi connectivity index (χ2n) is 6.01. The van der Waals surface area contributed by atoms with Crippen LogP contribution in [0.3, 0.4) is 0 Å². The Balaban J connectivity index is 0.00000264. The first kappa shape index (κ1) is 19.8. The number of nitrogens with zero attached hydrogens (tertiary/aromatic N) is 1. The van der Waals surface area contributed by atoms with Gasteiger partial charge in [-0.2, -0.15) is 0 Å². The number of aromatic nitrogens is 1. The van der Waals surface area contributed by atoms with Gasteiger partial charge in [0.2, 0.25) is 5.91 Å². The van der Waals surface area contributed by atoms with E-state index in [2.05, 4.69) is 15.6 Å². The van der Waals surface area contributed by atoms with Crippen molar-refractivity contribution in [3.8, 4) is 0 Å². The molecule has 1 aliphatic rings. The molecule has 1 aromatic rings. The highest BCUT2D eigenvalue weighted by atomic mass is 35.5. The lowest BCUT2D eigenvalue weighted by Gasteiger charge is -2.22. The van der Waals surface area contributed by atoms with Gasteiger partial charge in [-0.05, 0) is 0 Å². The molecule has 1 aromatic heterocycles. The Morgan fingerprint density at radius 3 is 2.65 bits per heavy atom. The van der Waals surface area contributed by atoms with E-state index in [1.165, 1.54) is 7.11 Å². The maximum atomic E-state index is 12.2. The molecule has 1 atom stereocenters. The van der Waals surface area contributed by atoms with Gasteiger partial charge in [0.05, 0.1) is 26.0 Å². The first-order valence-electron chi connectivity index (χ1n) is 7.04. The molecule has 130 valence electrons. The third kappa shape index (κ3) is 4.87. The molecular weight excluding hydrogens is 342 g/mol. The van der Waals surface area contributed by atoms with Crippen LogP contribution in [-0.2, 0) is 19.7 Å². The zero-order valence-electron chi connectivity index (χ0n) is 13.6. The van der Waals surface area contributed by atoms with E-state index < -0.39 is 12.0 Å². The van der Waals surface area contributed by atoms with Gasteiger partial charge in [0.1, 0.15) is 10.9 Å². The third-order valence-electron chi connectivity index (χ3n) is 3.18. The summed E-state index contributed by atoms with van der Waals surface area (Å²) in [5, 5.41) is 6.21. The smallest absolute Gasteiger partial charge is 0.350 e. The van der Waals surface area contributed by atoms with Gasteiger partial charge in [-0.3, -0.25) is 4.79 Å². The standard InChI is InChI=1S/C14H21N3O4S.ClH/c1-14(2,3)10-9(12(19)20-4)22-13(16-10)17-11(18)8-7-21-6-5-15-8;/h8,15H,5-7H2,1-4H3,(H,16,17,18);1H. The number of morpholine rings is 1. The van der Waals surface area contributed by atoms with Gasteiger partial charge in [-0.15, -0.1) is 12.4 Å². The Morgan fingerprint density at radius 2 is 2.13 bits per heavy atom. The Morgan fingerprint density at radius 1 is 1.43 bits per heavy atom. The van der Waals surface area contributed by atoms with Gasteiger partial charge < -0.3 is 20.1 Å². The zero-order chi connectivity index (χ0) is 16.3. The summed E-state index contributed by atoms with van der Waals surface area (Å²) in [6, 6.07) is -0.405. The van der Waals surface area contributed by atoms with E-state index in [1.54, 1.807) is 0 Å². The van der Waals surface area contributed by atoms with E-state index >= 15 is 0 Å². The summed E-state index contributed by atoms with van der Waals surface area (Å²) in [5.74, 6) is -0.660. The number of hydrogen-bond donors (Lipinski definition) is 2. The van der Waals surface area contributed by atoms with Crippen LogP contribution in [-0.4, -0.2) is 49.8 Å². The number of rotatable bonds is 3. The second-order valence-corrected chi connectivity index (χ2v) is 7.01. The number of halogens is 1. The van der Waals surface area contributed by atoms with E-state index in [9.17, 15) is 9.59 Å². The number of ether oxygens (including phenoxy) is 2. The van der Waals surface area contributed by atoms with Crippen molar-refractivity contribution in [3.05, 3.63) is 10.6 Å². The fourth-order valence-corrected chi connectivity index (χ4v) is 3.14. The van der Waals surface area contributed by atoms with Crippen LogP contribution in [0.25, 0.3) is 0 Å². The van der Waals surface area contributed by atoms with E-state index in [1.807, 2.05) is 20.8 Å². The Hall–Kier alpha value is -1.22. The molecule has 2 rings (SSSR count). The highest BCUT2D eigenvalue weighted by Crippen LogP contribution is 2.32. The van der Waals surface area contributed by atoms with Crippen molar-refractivity contribution in [2.75, 3.05) is 32.2 Å². The van der Waals surface area contributed by atoms with Crippen LogP contribution in [0, 0.1) is 0 Å². The minimum Gasteiger partial charge on any atom is -0.465 e. The van der Waals surface area contributed by atoms with Gasteiger partial charge in [0.15, 0.2) is 5.13 Å². The number of carbonyl (C=O) groups excluding carboxylic acids is 2. The number of amides is 1. The molecule has 1 unspecified atom stereocenters. The highest BCUT2D eigenvalue weighted by molar-refractivity contribution is 7.17. The number of carbonyl (C=O) groups is 2. The van der Waals surface area contributed by atoms with Crippen LogP contribution >= 0.6 is 23.7 Å². The molecule has 23 heavy (non-hydrogen) atoms. The normalized spacial score (nSPS) is 18.0. The van der Waals surface area contributed by atoms with Gasteiger partial charge >= 0.3 is 5.97 Å². The molecule has 0 bridgehead atoms. The molecule has 0 radical (unpaired) electrons. The highest BCUT2D eigenvalue weighted by Gasteiger charge is 2.29. The molecule has 9 heteroatoms. The number of thiazole rings is 1. The van der Waals surface area contributed by atoms with Gasteiger partial charge in [-0.25, -0.2) is 9.78 Å². The molecule has 1 fully saturated rings. The topological polar surface area (TPSA) is 89.5 Å². The van der Waals surface area contributed by atoms with Gasteiger partial charge in [0, 0.05) is 12.0 Å². The van der Waals surface area contributed by atoms with E-state index in [-0.39, 0.29) is 23.7 Å². The predicted octanol–water partition coefficient (Wildman–Crippen LogP) is 1.58. The molecular formula is C14H22ClN3O4S. The van der Waals surface area contributed by atoms with Crippen molar-refractivity contribution in [1.29, 1.82) is 0 Å². The molecule has 1 amide bonds. The quantitative estimate of drug-likeness (QED) is 0.792. The summed E-state index contributed by atoms with van der Waals surface area (Å²) >= 11 is 1.13. The minimum atomic E-state index is -0.443. The van der Waals surface area contributed by atoms with Crippen molar-refractivity contribution < 1.29 is 19.1 Å². The summed E-state index contributed by atoms with van der Waals surface area (Å²) in [4.78, 5) is 28.9. The summed E-state index contributed by atoms with van der Waals surface area (Å²) < 4.78 is 10.1. The Bertz CT molecular complexity index is 565. The van der Waals surface area contributed by atoms with Crippen molar-refractivity contribution in [2.24, 2.45) is 0 Å². The minimum absolute atomic E-state index is 0. The summed E-state index contributed by atoms with van der Waals surface area (Å²) in [7, 11) is 1.33. The number of anilines is 1. The van der Waals surface area contributed by atoms with Crippen molar-refractivity contribution in [3.63, 3.8) is 0 Å². The maximum absolute atomic E-state index is 12.2. The first-order chi connectivity index (χ1) is 10.3. The lowest BCUT2D eigenvalue weighted by atomic mass is 9.91. The Kier molecular flexibility index (Phi) is 6.94. The fourth-order valence-electron chi connectivity index (χ4n) is 2.04. The average Bonchev–Trinajstić information content (AvgIpc) is 2.91. The number of hydrogen-bond acceptors (Lipinski definition) is 7. The molecule has 0 saturated carbocycles. The van der Waals surface area contributed by atoms with Crippen LogP contribution in [0.1, 0.15) is 36.1 Å². The van der Waals surface area contributed by atoms with Gasteiger partial charge in [0.25, 0.3) is 0 Å². The maximum Gasteiger partial charge on any atom is 0.350 e. The number of nitrogens with one attached hydrogen (secondary N) is 2. The number of esters is 1. The molecule has 0 spiro atoms. The van der Waals surface area contributed by atoms with Crippen molar-refractivity contribution in [1.82, 2.24) is 10.3 Å². The van der Waals surface area contributed by atoms with Crippen LogP contribution in [0.5, 0.6) is 0 Å².